The van der Waals surface area contributed by atoms with E-state index in [-0.39, 0.29) is 12.6 Å². The van der Waals surface area contributed by atoms with E-state index in [1.54, 1.807) is 6.07 Å². The molecule has 2 aromatic rings. The molecule has 2 nitrogen and oxygen atoms in total. The Hall–Kier alpha value is -1.98. The standard InChI is InChI=1S/C15H13F4NO/c1-7-4-9(7)12-3-2-8(21-12)6-20-15-13(18)10(16)5-11(17)14(15)19/h2-3,5,7,9,20H,4,6H2,1H3. The third-order valence-electron chi connectivity index (χ3n) is 3.71. The molecule has 0 bridgehead atoms. The van der Waals surface area contributed by atoms with Gasteiger partial charge in [-0.3, -0.25) is 0 Å². The zero-order valence-electron chi connectivity index (χ0n) is 11.2. The van der Waals surface area contributed by atoms with Crippen LogP contribution >= 0.6 is 0 Å². The molecule has 1 heterocycles. The van der Waals surface area contributed by atoms with Gasteiger partial charge in [-0.25, -0.2) is 17.6 Å². The van der Waals surface area contributed by atoms with Crippen LogP contribution < -0.4 is 5.32 Å². The lowest BCUT2D eigenvalue weighted by Crippen LogP contribution is -2.06. The van der Waals surface area contributed by atoms with Gasteiger partial charge in [-0.15, -0.1) is 0 Å². The highest BCUT2D eigenvalue weighted by atomic mass is 19.2. The van der Waals surface area contributed by atoms with Crippen molar-refractivity contribution in [2.75, 3.05) is 5.32 Å². The van der Waals surface area contributed by atoms with Gasteiger partial charge >= 0.3 is 0 Å². The van der Waals surface area contributed by atoms with Crippen molar-refractivity contribution in [2.24, 2.45) is 5.92 Å². The largest absolute Gasteiger partial charge is 0.464 e. The van der Waals surface area contributed by atoms with Gasteiger partial charge in [0, 0.05) is 12.0 Å². The van der Waals surface area contributed by atoms with Gasteiger partial charge < -0.3 is 9.73 Å². The van der Waals surface area contributed by atoms with Crippen LogP contribution in [0.5, 0.6) is 0 Å². The SMILES string of the molecule is CC1CC1c1ccc(CNc2c(F)c(F)cc(F)c2F)o1. The first-order chi connectivity index (χ1) is 9.97. The number of halogens is 4. The molecule has 1 aromatic carbocycles. The first-order valence-corrected chi connectivity index (χ1v) is 6.63. The number of nitrogens with one attached hydrogen (secondary N) is 1. The van der Waals surface area contributed by atoms with Crippen molar-refractivity contribution in [1.82, 2.24) is 0 Å². The third kappa shape index (κ3) is 2.62. The number of hydrogen-bond acceptors (Lipinski definition) is 2. The Kier molecular flexibility index (Phi) is 3.39. The maximum Gasteiger partial charge on any atom is 0.185 e. The second kappa shape index (κ2) is 5.09. The Morgan fingerprint density at radius 3 is 2.33 bits per heavy atom. The summed E-state index contributed by atoms with van der Waals surface area (Å²) >= 11 is 0. The molecule has 0 amide bonds. The highest BCUT2D eigenvalue weighted by Crippen LogP contribution is 2.47. The van der Waals surface area contributed by atoms with E-state index in [1.807, 2.05) is 6.07 Å². The molecular formula is C15H13F4NO. The molecule has 0 radical (unpaired) electrons. The summed E-state index contributed by atoms with van der Waals surface area (Å²) in [4.78, 5) is 0. The zero-order valence-corrected chi connectivity index (χ0v) is 11.2. The van der Waals surface area contributed by atoms with Crippen LogP contribution in [0.3, 0.4) is 0 Å². The van der Waals surface area contributed by atoms with Crippen molar-refractivity contribution in [1.29, 1.82) is 0 Å². The molecule has 1 fully saturated rings. The van der Waals surface area contributed by atoms with E-state index in [2.05, 4.69) is 12.2 Å². The third-order valence-corrected chi connectivity index (χ3v) is 3.71. The summed E-state index contributed by atoms with van der Waals surface area (Å²) in [6.07, 6.45) is 1.05. The second-order valence-corrected chi connectivity index (χ2v) is 5.32. The highest BCUT2D eigenvalue weighted by Gasteiger charge is 2.36. The number of hydrogen-bond donors (Lipinski definition) is 1. The van der Waals surface area contributed by atoms with Gasteiger partial charge in [0.15, 0.2) is 23.3 Å². The second-order valence-electron chi connectivity index (χ2n) is 5.32. The lowest BCUT2D eigenvalue weighted by atomic mass is 10.2. The molecule has 3 rings (SSSR count). The average Bonchev–Trinajstić information content (AvgIpc) is 2.99. The van der Waals surface area contributed by atoms with E-state index in [0.29, 0.717) is 17.6 Å². The fourth-order valence-corrected chi connectivity index (χ4v) is 2.31. The van der Waals surface area contributed by atoms with Gasteiger partial charge in [0.2, 0.25) is 0 Å². The summed E-state index contributed by atoms with van der Waals surface area (Å²) in [5.41, 5.74) is -0.828. The number of furan rings is 1. The van der Waals surface area contributed by atoms with Crippen molar-refractivity contribution in [3.8, 4) is 0 Å². The predicted octanol–water partition coefficient (Wildman–Crippen LogP) is 4.57. The average molecular weight is 299 g/mol. The molecule has 1 N–H and O–H groups in total. The molecule has 0 saturated heterocycles. The molecule has 21 heavy (non-hydrogen) atoms. The van der Waals surface area contributed by atoms with E-state index in [9.17, 15) is 17.6 Å². The molecular weight excluding hydrogens is 286 g/mol. The van der Waals surface area contributed by atoms with E-state index < -0.39 is 29.0 Å². The first-order valence-electron chi connectivity index (χ1n) is 6.63. The topological polar surface area (TPSA) is 25.2 Å². The Balaban J connectivity index is 1.74. The van der Waals surface area contributed by atoms with Crippen LogP contribution in [-0.2, 0) is 6.54 Å². The molecule has 2 atom stereocenters. The lowest BCUT2D eigenvalue weighted by molar-refractivity contribution is 0.452. The molecule has 0 spiro atoms. The quantitative estimate of drug-likeness (QED) is 0.661. The van der Waals surface area contributed by atoms with Gasteiger partial charge in [-0.2, -0.15) is 0 Å². The van der Waals surface area contributed by atoms with Crippen molar-refractivity contribution >= 4 is 5.69 Å². The number of rotatable bonds is 4. The Morgan fingerprint density at radius 1 is 1.14 bits per heavy atom. The summed E-state index contributed by atoms with van der Waals surface area (Å²) in [5.74, 6) is -3.54. The number of anilines is 1. The summed E-state index contributed by atoms with van der Waals surface area (Å²) in [5, 5.41) is 2.34. The number of benzene rings is 1. The molecule has 2 unspecified atom stereocenters. The smallest absolute Gasteiger partial charge is 0.185 e. The summed E-state index contributed by atoms with van der Waals surface area (Å²) in [6, 6.07) is 3.66. The summed E-state index contributed by atoms with van der Waals surface area (Å²) in [7, 11) is 0. The molecule has 0 aliphatic heterocycles. The molecule has 1 aromatic heterocycles. The van der Waals surface area contributed by atoms with E-state index >= 15 is 0 Å². The van der Waals surface area contributed by atoms with Crippen LogP contribution in [0.25, 0.3) is 0 Å². The van der Waals surface area contributed by atoms with Crippen molar-refractivity contribution < 1.29 is 22.0 Å². The normalized spacial score (nSPS) is 20.6. The fourth-order valence-electron chi connectivity index (χ4n) is 2.31. The minimum atomic E-state index is -1.45. The maximum atomic E-state index is 13.5. The highest BCUT2D eigenvalue weighted by molar-refractivity contribution is 5.47. The monoisotopic (exact) mass is 299 g/mol. The van der Waals surface area contributed by atoms with Crippen LogP contribution in [0.4, 0.5) is 23.2 Å². The van der Waals surface area contributed by atoms with Crippen LogP contribution in [0.1, 0.15) is 30.8 Å². The van der Waals surface area contributed by atoms with Gasteiger partial charge in [0.25, 0.3) is 0 Å². The Labute approximate surface area is 118 Å². The van der Waals surface area contributed by atoms with E-state index in [0.717, 1.165) is 12.2 Å². The maximum absolute atomic E-state index is 13.5. The van der Waals surface area contributed by atoms with E-state index in [1.165, 1.54) is 0 Å². The Bertz CT molecular complexity index is 656. The molecule has 6 heteroatoms. The summed E-state index contributed by atoms with van der Waals surface area (Å²) in [6.45, 7) is 2.04. The van der Waals surface area contributed by atoms with E-state index in [4.69, 9.17) is 4.42 Å². The van der Waals surface area contributed by atoms with Crippen LogP contribution in [0.2, 0.25) is 0 Å². The van der Waals surface area contributed by atoms with Crippen LogP contribution in [0.15, 0.2) is 22.6 Å². The molecule has 112 valence electrons. The van der Waals surface area contributed by atoms with Crippen molar-refractivity contribution in [2.45, 2.75) is 25.8 Å². The first kappa shape index (κ1) is 14.0. The van der Waals surface area contributed by atoms with Crippen LogP contribution in [0, 0.1) is 29.2 Å². The minimum Gasteiger partial charge on any atom is -0.464 e. The molecule has 1 aliphatic rings. The minimum absolute atomic E-state index is 0.0577. The lowest BCUT2D eigenvalue weighted by Gasteiger charge is -2.08. The molecule has 1 saturated carbocycles. The zero-order chi connectivity index (χ0) is 15.1. The fraction of sp³-hybridized carbons (Fsp3) is 0.333. The Morgan fingerprint density at radius 2 is 1.76 bits per heavy atom. The predicted molar refractivity (Wildman–Crippen MR) is 68.8 cm³/mol. The van der Waals surface area contributed by atoms with Crippen molar-refractivity contribution in [3.05, 3.63) is 53.0 Å². The van der Waals surface area contributed by atoms with Gasteiger partial charge in [-0.05, 0) is 24.5 Å². The van der Waals surface area contributed by atoms with Gasteiger partial charge in [0.1, 0.15) is 17.2 Å². The van der Waals surface area contributed by atoms with Gasteiger partial charge in [0.05, 0.1) is 6.54 Å². The summed E-state index contributed by atoms with van der Waals surface area (Å²) < 4.78 is 58.6. The van der Waals surface area contributed by atoms with Crippen LogP contribution in [-0.4, -0.2) is 0 Å². The molecule has 1 aliphatic carbocycles. The van der Waals surface area contributed by atoms with Gasteiger partial charge in [-0.1, -0.05) is 6.92 Å². The van der Waals surface area contributed by atoms with Crippen molar-refractivity contribution in [3.63, 3.8) is 0 Å².